The number of rotatable bonds is 2. The first-order valence-corrected chi connectivity index (χ1v) is 6.90. The van der Waals surface area contributed by atoms with Gasteiger partial charge in [0.05, 0.1) is 5.69 Å². The topological polar surface area (TPSA) is 71.1 Å². The van der Waals surface area contributed by atoms with Crippen molar-refractivity contribution in [2.45, 2.75) is 20.8 Å². The lowest BCUT2D eigenvalue weighted by atomic mass is 10.2. The molecule has 2 amide bonds. The fraction of sp³-hybridized carbons (Fsp3) is 0.214. The van der Waals surface area contributed by atoms with Crippen LogP contribution in [0.25, 0.3) is 0 Å². The minimum Gasteiger partial charge on any atom is -0.318 e. The van der Waals surface area contributed by atoms with Crippen LogP contribution in [0.4, 0.5) is 10.8 Å². The van der Waals surface area contributed by atoms with Crippen LogP contribution < -0.4 is 10.6 Å². The molecule has 0 fully saturated rings. The molecule has 0 atom stereocenters. The number of amides is 2. The summed E-state index contributed by atoms with van der Waals surface area (Å²) in [5.74, 6) is -1.43. The van der Waals surface area contributed by atoms with Crippen LogP contribution in [0.1, 0.15) is 16.1 Å². The fourth-order valence-electron chi connectivity index (χ4n) is 1.50. The molecule has 20 heavy (non-hydrogen) atoms. The van der Waals surface area contributed by atoms with E-state index in [4.69, 9.17) is 0 Å². The molecular weight excluding hydrogens is 274 g/mol. The van der Waals surface area contributed by atoms with Gasteiger partial charge in [-0.15, -0.1) is 11.3 Å². The molecule has 2 N–H and O–H groups in total. The van der Waals surface area contributed by atoms with Gasteiger partial charge < -0.3 is 5.32 Å². The second kappa shape index (κ2) is 5.83. The van der Waals surface area contributed by atoms with E-state index in [0.29, 0.717) is 10.8 Å². The smallest absolute Gasteiger partial charge is 0.315 e. The second-order valence-electron chi connectivity index (χ2n) is 4.43. The highest BCUT2D eigenvalue weighted by Crippen LogP contribution is 2.21. The van der Waals surface area contributed by atoms with Crippen LogP contribution in [0, 0.1) is 20.8 Å². The zero-order valence-corrected chi connectivity index (χ0v) is 12.3. The minimum atomic E-state index is -0.723. The van der Waals surface area contributed by atoms with Gasteiger partial charge >= 0.3 is 11.8 Å². The molecular formula is C14H15N3O2S. The highest BCUT2D eigenvalue weighted by molar-refractivity contribution is 7.15. The Bertz CT molecular complexity index is 627. The highest BCUT2D eigenvalue weighted by atomic mass is 32.1. The maximum atomic E-state index is 11.7. The maximum Gasteiger partial charge on any atom is 0.315 e. The van der Waals surface area contributed by atoms with E-state index in [0.717, 1.165) is 16.1 Å². The van der Waals surface area contributed by atoms with E-state index in [-0.39, 0.29) is 0 Å². The average molecular weight is 289 g/mol. The van der Waals surface area contributed by atoms with Crippen LogP contribution >= 0.6 is 11.3 Å². The number of carbonyl (C=O) groups is 2. The molecule has 104 valence electrons. The van der Waals surface area contributed by atoms with E-state index in [1.54, 1.807) is 12.1 Å². The van der Waals surface area contributed by atoms with E-state index < -0.39 is 11.8 Å². The molecule has 0 unspecified atom stereocenters. The molecule has 2 rings (SSSR count). The molecule has 0 bridgehead atoms. The summed E-state index contributed by atoms with van der Waals surface area (Å²) in [4.78, 5) is 28.7. The lowest BCUT2D eigenvalue weighted by Crippen LogP contribution is -2.29. The molecule has 1 heterocycles. The van der Waals surface area contributed by atoms with Gasteiger partial charge in [-0.05, 0) is 32.9 Å². The molecule has 0 saturated carbocycles. The van der Waals surface area contributed by atoms with Crippen molar-refractivity contribution in [1.82, 2.24) is 4.98 Å². The van der Waals surface area contributed by atoms with Gasteiger partial charge in [-0.1, -0.05) is 17.7 Å². The first kappa shape index (κ1) is 14.2. The Morgan fingerprint density at radius 1 is 1.00 bits per heavy atom. The Morgan fingerprint density at radius 2 is 1.60 bits per heavy atom. The molecule has 5 nitrogen and oxygen atoms in total. The monoisotopic (exact) mass is 289 g/mol. The molecule has 2 aromatic rings. The van der Waals surface area contributed by atoms with Gasteiger partial charge in [-0.25, -0.2) is 4.98 Å². The largest absolute Gasteiger partial charge is 0.318 e. The van der Waals surface area contributed by atoms with Crippen LogP contribution in [-0.2, 0) is 9.59 Å². The van der Waals surface area contributed by atoms with Gasteiger partial charge in [0.25, 0.3) is 0 Å². The number of nitrogens with zero attached hydrogens (tertiary/aromatic N) is 1. The minimum absolute atomic E-state index is 0.434. The summed E-state index contributed by atoms with van der Waals surface area (Å²) in [5.41, 5.74) is 2.52. The van der Waals surface area contributed by atoms with Crippen LogP contribution in [0.15, 0.2) is 24.3 Å². The van der Waals surface area contributed by atoms with Crippen LogP contribution in [0.2, 0.25) is 0 Å². The van der Waals surface area contributed by atoms with Gasteiger partial charge in [0, 0.05) is 10.6 Å². The zero-order valence-electron chi connectivity index (χ0n) is 11.5. The summed E-state index contributed by atoms with van der Waals surface area (Å²) in [7, 11) is 0. The molecule has 0 spiro atoms. The van der Waals surface area contributed by atoms with E-state index in [1.165, 1.54) is 11.3 Å². The molecule has 1 aromatic heterocycles. The van der Waals surface area contributed by atoms with Gasteiger partial charge in [0.15, 0.2) is 5.13 Å². The van der Waals surface area contributed by atoms with Crippen molar-refractivity contribution in [3.8, 4) is 0 Å². The molecule has 0 radical (unpaired) electrons. The summed E-state index contributed by atoms with van der Waals surface area (Å²) < 4.78 is 0. The third kappa shape index (κ3) is 3.42. The van der Waals surface area contributed by atoms with Gasteiger partial charge in [-0.3, -0.25) is 14.9 Å². The third-order valence-corrected chi connectivity index (χ3v) is 3.75. The molecule has 1 aromatic carbocycles. The van der Waals surface area contributed by atoms with Crippen molar-refractivity contribution in [3.63, 3.8) is 0 Å². The number of aromatic nitrogens is 1. The number of anilines is 2. The Morgan fingerprint density at radius 3 is 2.15 bits per heavy atom. The van der Waals surface area contributed by atoms with Crippen molar-refractivity contribution < 1.29 is 9.59 Å². The van der Waals surface area contributed by atoms with Crippen molar-refractivity contribution in [1.29, 1.82) is 0 Å². The number of nitrogens with one attached hydrogen (secondary N) is 2. The van der Waals surface area contributed by atoms with Crippen LogP contribution in [-0.4, -0.2) is 16.8 Å². The SMILES string of the molecule is Cc1ccc(NC(=O)C(=O)Nc2nc(C)c(C)s2)cc1. The predicted octanol–water partition coefficient (Wildman–Crippen LogP) is 2.65. The zero-order chi connectivity index (χ0) is 14.7. The van der Waals surface area contributed by atoms with E-state index in [9.17, 15) is 9.59 Å². The highest BCUT2D eigenvalue weighted by Gasteiger charge is 2.16. The fourth-order valence-corrected chi connectivity index (χ4v) is 2.31. The number of benzene rings is 1. The second-order valence-corrected chi connectivity index (χ2v) is 5.64. The summed E-state index contributed by atoms with van der Waals surface area (Å²) in [6.45, 7) is 5.72. The molecule has 6 heteroatoms. The first-order chi connectivity index (χ1) is 9.45. The lowest BCUT2D eigenvalue weighted by Gasteiger charge is -2.04. The van der Waals surface area contributed by atoms with Crippen LogP contribution in [0.3, 0.4) is 0 Å². The van der Waals surface area contributed by atoms with Crippen molar-refractivity contribution >= 4 is 34.0 Å². The van der Waals surface area contributed by atoms with Crippen molar-refractivity contribution in [3.05, 3.63) is 40.4 Å². The molecule has 0 aliphatic carbocycles. The number of carbonyl (C=O) groups excluding carboxylic acids is 2. The van der Waals surface area contributed by atoms with Gasteiger partial charge in [-0.2, -0.15) is 0 Å². The predicted molar refractivity (Wildman–Crippen MR) is 80.0 cm³/mol. The Balaban J connectivity index is 1.98. The quantitative estimate of drug-likeness (QED) is 0.835. The number of hydrogen-bond acceptors (Lipinski definition) is 4. The molecule has 0 saturated heterocycles. The van der Waals surface area contributed by atoms with Crippen molar-refractivity contribution in [2.75, 3.05) is 10.6 Å². The number of thiazole rings is 1. The lowest BCUT2D eigenvalue weighted by molar-refractivity contribution is -0.132. The number of hydrogen-bond donors (Lipinski definition) is 2. The first-order valence-electron chi connectivity index (χ1n) is 6.09. The summed E-state index contributed by atoms with van der Waals surface area (Å²) in [6.07, 6.45) is 0. The summed E-state index contributed by atoms with van der Waals surface area (Å²) >= 11 is 1.35. The Labute approximate surface area is 121 Å². The average Bonchev–Trinajstić information content (AvgIpc) is 2.71. The standard InChI is InChI=1S/C14H15N3O2S/c1-8-4-6-11(7-5-8)16-12(18)13(19)17-14-15-9(2)10(3)20-14/h4-7H,1-3H3,(H,16,18)(H,15,17,19). The van der Waals surface area contributed by atoms with E-state index in [2.05, 4.69) is 15.6 Å². The maximum absolute atomic E-state index is 11.7. The van der Waals surface area contributed by atoms with Crippen molar-refractivity contribution in [2.24, 2.45) is 0 Å². The normalized spacial score (nSPS) is 10.2. The van der Waals surface area contributed by atoms with Crippen LogP contribution in [0.5, 0.6) is 0 Å². The van der Waals surface area contributed by atoms with E-state index in [1.807, 2.05) is 32.9 Å². The van der Waals surface area contributed by atoms with E-state index >= 15 is 0 Å². The van der Waals surface area contributed by atoms with Gasteiger partial charge in [0.1, 0.15) is 0 Å². The van der Waals surface area contributed by atoms with Gasteiger partial charge in [0.2, 0.25) is 0 Å². The summed E-state index contributed by atoms with van der Waals surface area (Å²) in [6, 6.07) is 7.22. The molecule has 0 aliphatic heterocycles. The Kier molecular flexibility index (Phi) is 4.14. The molecule has 0 aliphatic rings. The third-order valence-electron chi connectivity index (χ3n) is 2.76. The number of aryl methyl sites for hydroxylation is 3. The Hall–Kier alpha value is -2.21. The summed E-state index contributed by atoms with van der Waals surface area (Å²) in [5, 5.41) is 5.46.